The summed E-state index contributed by atoms with van der Waals surface area (Å²) in [7, 11) is 0.0186. The molecule has 0 bridgehead atoms. The summed E-state index contributed by atoms with van der Waals surface area (Å²) < 4.78 is 23.2. The van der Waals surface area contributed by atoms with Gasteiger partial charge in [0, 0.05) is 5.30 Å². The highest BCUT2D eigenvalue weighted by atomic mass is 31.1. The summed E-state index contributed by atoms with van der Waals surface area (Å²) in [6, 6.07) is 13.6. The average molecular weight is 218 g/mol. The van der Waals surface area contributed by atoms with E-state index in [1.54, 1.807) is 24.3 Å². The molecule has 0 atom stereocenters. The molecule has 0 unspecified atom stereocenters. The second kappa shape index (κ2) is 4.33. The Labute approximate surface area is 88.8 Å². The predicted octanol–water partition coefficient (Wildman–Crippen LogP) is 3.41. The van der Waals surface area contributed by atoms with Crippen molar-refractivity contribution in [3.05, 3.63) is 54.3 Å². The highest BCUT2D eigenvalue weighted by Gasteiger charge is 1.98. The van der Waals surface area contributed by atoms with Gasteiger partial charge in [-0.3, -0.25) is 4.57 Å². The Balaban J connectivity index is 2.37. The topological polar surface area (TPSA) is 17.1 Å². The molecule has 0 N–H and O–H groups in total. The minimum absolute atomic E-state index is 0.0186. The maximum Gasteiger partial charge on any atom is 0.192 e. The summed E-state index contributed by atoms with van der Waals surface area (Å²) in [6.45, 7) is 0. The molecular weight excluding hydrogens is 210 g/mol. The lowest BCUT2D eigenvalue weighted by Gasteiger charge is -2.00. The van der Waals surface area contributed by atoms with E-state index in [0.29, 0.717) is 0 Å². The largest absolute Gasteiger partial charge is 0.269 e. The zero-order chi connectivity index (χ0) is 10.7. The molecule has 0 saturated carbocycles. The quantitative estimate of drug-likeness (QED) is 0.706. The molecule has 74 valence electrons. The first-order valence-corrected chi connectivity index (χ1v) is 5.30. The molecule has 2 aromatic rings. The minimum Gasteiger partial charge on any atom is -0.269 e. The fraction of sp³-hybridized carbons (Fsp3) is 0. The van der Waals surface area contributed by atoms with Gasteiger partial charge >= 0.3 is 0 Å². The van der Waals surface area contributed by atoms with E-state index in [4.69, 9.17) is 0 Å². The molecule has 0 heterocycles. The van der Waals surface area contributed by atoms with Crippen LogP contribution in [0.4, 0.5) is 4.39 Å². The normalized spacial score (nSPS) is 10.5. The zero-order valence-corrected chi connectivity index (χ0v) is 8.75. The Morgan fingerprint density at radius 1 is 0.800 bits per heavy atom. The predicted molar refractivity (Wildman–Crippen MR) is 59.1 cm³/mol. The van der Waals surface area contributed by atoms with E-state index >= 15 is 0 Å². The van der Waals surface area contributed by atoms with E-state index in [1.807, 2.05) is 12.1 Å². The first kappa shape index (κ1) is 10.0. The van der Waals surface area contributed by atoms with Gasteiger partial charge in [0.2, 0.25) is 0 Å². The maximum absolute atomic E-state index is 12.7. The van der Waals surface area contributed by atoms with Gasteiger partial charge in [-0.15, -0.1) is 0 Å². The van der Waals surface area contributed by atoms with Crippen molar-refractivity contribution < 1.29 is 8.96 Å². The summed E-state index contributed by atoms with van der Waals surface area (Å²) in [6.07, 6.45) is 0. The average Bonchev–Trinajstić information content (AvgIpc) is 2.30. The zero-order valence-electron chi connectivity index (χ0n) is 7.85. The van der Waals surface area contributed by atoms with Gasteiger partial charge < -0.3 is 0 Å². The molecule has 0 fully saturated rings. The fourth-order valence-electron chi connectivity index (χ4n) is 1.36. The molecule has 3 heteroatoms. The molecule has 0 aliphatic carbocycles. The van der Waals surface area contributed by atoms with Gasteiger partial charge in [0.15, 0.2) is 8.46 Å². The number of rotatable bonds is 2. The van der Waals surface area contributed by atoms with Crippen LogP contribution in [-0.2, 0) is 4.57 Å². The van der Waals surface area contributed by atoms with Crippen molar-refractivity contribution >= 4 is 13.8 Å². The Morgan fingerprint density at radius 2 is 1.27 bits per heavy atom. The lowest BCUT2D eigenvalue weighted by Crippen LogP contribution is -1.89. The van der Waals surface area contributed by atoms with Crippen LogP contribution in [0.2, 0.25) is 0 Å². The maximum atomic E-state index is 12.7. The summed E-state index contributed by atoms with van der Waals surface area (Å²) >= 11 is 0. The molecule has 0 aliphatic heterocycles. The van der Waals surface area contributed by atoms with Crippen LogP contribution in [0.15, 0.2) is 48.5 Å². The first-order chi connectivity index (χ1) is 7.29. The van der Waals surface area contributed by atoms with Crippen molar-refractivity contribution in [1.82, 2.24) is 0 Å². The first-order valence-electron chi connectivity index (χ1n) is 4.49. The molecule has 0 amide bonds. The molecular formula is C12H8FOP. The van der Waals surface area contributed by atoms with Crippen LogP contribution < -0.4 is 5.30 Å². The monoisotopic (exact) mass is 218 g/mol. The molecule has 0 aromatic heterocycles. The minimum atomic E-state index is -0.242. The van der Waals surface area contributed by atoms with E-state index in [1.165, 1.54) is 12.1 Å². The molecule has 0 spiro atoms. The highest BCUT2D eigenvalue weighted by molar-refractivity contribution is 7.34. The fourth-order valence-corrected chi connectivity index (χ4v) is 1.63. The Bertz CT molecular complexity index is 462. The van der Waals surface area contributed by atoms with E-state index in [2.05, 4.69) is 0 Å². The lowest BCUT2D eigenvalue weighted by atomic mass is 10.1. The molecule has 2 rings (SSSR count). The van der Waals surface area contributed by atoms with Crippen molar-refractivity contribution in [2.45, 2.75) is 0 Å². The number of halogens is 1. The number of hydrogen-bond acceptors (Lipinski definition) is 1. The second-order valence-electron chi connectivity index (χ2n) is 3.15. The Kier molecular flexibility index (Phi) is 2.89. The van der Waals surface area contributed by atoms with Crippen molar-refractivity contribution in [2.24, 2.45) is 0 Å². The summed E-state index contributed by atoms with van der Waals surface area (Å²) in [5.74, 6) is -0.242. The van der Waals surface area contributed by atoms with Gasteiger partial charge in [-0.2, -0.15) is 0 Å². The van der Waals surface area contributed by atoms with Gasteiger partial charge in [-0.25, -0.2) is 4.39 Å². The summed E-state index contributed by atoms with van der Waals surface area (Å²) in [5, 5.41) is 0.737. The lowest BCUT2D eigenvalue weighted by molar-refractivity contribution is 0.603. The van der Waals surface area contributed by atoms with Gasteiger partial charge in [-0.05, 0) is 35.4 Å². The van der Waals surface area contributed by atoms with Crippen LogP contribution >= 0.6 is 8.46 Å². The molecule has 0 radical (unpaired) electrons. The SMILES string of the molecule is O=Pc1ccc(-c2ccc(F)cc2)cc1. The summed E-state index contributed by atoms with van der Waals surface area (Å²) in [5.41, 5.74) is 1.94. The van der Waals surface area contributed by atoms with Gasteiger partial charge in [-0.1, -0.05) is 24.3 Å². The van der Waals surface area contributed by atoms with Crippen LogP contribution in [0.25, 0.3) is 11.1 Å². The Hall–Kier alpha value is -1.53. The summed E-state index contributed by atoms with van der Waals surface area (Å²) in [4.78, 5) is 0. The third kappa shape index (κ3) is 2.28. The van der Waals surface area contributed by atoms with Crippen LogP contribution in [0, 0.1) is 5.82 Å². The second-order valence-corrected chi connectivity index (χ2v) is 3.84. The van der Waals surface area contributed by atoms with Gasteiger partial charge in [0.25, 0.3) is 0 Å². The van der Waals surface area contributed by atoms with E-state index in [0.717, 1.165) is 16.4 Å². The molecule has 0 saturated heterocycles. The van der Waals surface area contributed by atoms with Crippen LogP contribution in [0.3, 0.4) is 0 Å². The number of benzene rings is 2. The van der Waals surface area contributed by atoms with Gasteiger partial charge in [0.05, 0.1) is 0 Å². The third-order valence-corrected chi connectivity index (χ3v) is 2.66. The van der Waals surface area contributed by atoms with Crippen molar-refractivity contribution in [3.8, 4) is 11.1 Å². The van der Waals surface area contributed by atoms with Crippen molar-refractivity contribution in [1.29, 1.82) is 0 Å². The molecule has 1 nitrogen and oxygen atoms in total. The number of hydrogen-bond donors (Lipinski definition) is 0. The van der Waals surface area contributed by atoms with Crippen LogP contribution in [-0.4, -0.2) is 0 Å². The van der Waals surface area contributed by atoms with Crippen molar-refractivity contribution in [2.75, 3.05) is 0 Å². The molecule has 2 aromatic carbocycles. The standard InChI is InChI=1S/C12H8FOP/c13-11-5-1-9(2-6-11)10-3-7-12(15-14)8-4-10/h1-8H. The Morgan fingerprint density at radius 3 is 1.73 bits per heavy atom. The van der Waals surface area contributed by atoms with E-state index in [-0.39, 0.29) is 14.3 Å². The third-order valence-electron chi connectivity index (χ3n) is 2.15. The molecule has 15 heavy (non-hydrogen) atoms. The molecule has 0 aliphatic rings. The van der Waals surface area contributed by atoms with Gasteiger partial charge in [0.1, 0.15) is 5.82 Å². The van der Waals surface area contributed by atoms with Crippen molar-refractivity contribution in [3.63, 3.8) is 0 Å². The van der Waals surface area contributed by atoms with E-state index < -0.39 is 0 Å². The highest BCUT2D eigenvalue weighted by Crippen LogP contribution is 2.18. The van der Waals surface area contributed by atoms with Crippen LogP contribution in [0.5, 0.6) is 0 Å². The van der Waals surface area contributed by atoms with E-state index in [9.17, 15) is 8.96 Å². The van der Waals surface area contributed by atoms with Crippen LogP contribution in [0.1, 0.15) is 0 Å². The smallest absolute Gasteiger partial charge is 0.192 e.